The zero-order valence-corrected chi connectivity index (χ0v) is 19.1. The van der Waals surface area contributed by atoms with Crippen molar-refractivity contribution in [2.45, 2.75) is 72.4 Å². The topological polar surface area (TPSA) is 69.2 Å². The van der Waals surface area contributed by atoms with Gasteiger partial charge in [0.05, 0.1) is 0 Å². The summed E-state index contributed by atoms with van der Waals surface area (Å²) in [6.07, 6.45) is -62.8. The Morgan fingerprint density at radius 2 is 0.233 bits per heavy atom. The van der Waals surface area contributed by atoms with Gasteiger partial charge in [-0.15, -0.1) is 0 Å². The van der Waals surface area contributed by atoms with Crippen LogP contribution in [0, 0.1) is 0 Å². The fourth-order valence-electron chi connectivity index (χ4n) is 1.45. The Kier molecular flexibility index (Phi) is 14.3. The van der Waals surface area contributed by atoms with Crippen LogP contribution < -0.4 is 15.3 Å². The smallest absolute Gasteiger partial charge is 0.830 e. The number of hydrogen-bond acceptors (Lipinski definition) is 3. The molecule has 0 aliphatic carbocycles. The van der Waals surface area contributed by atoms with E-state index in [-0.39, 0.29) is 17.4 Å². The Hall–Kier alpha value is -1.48. The predicted molar refractivity (Wildman–Crippen MR) is 62.7 cm³/mol. The van der Waals surface area contributed by atoms with E-state index in [2.05, 4.69) is 0 Å². The van der Waals surface area contributed by atoms with Gasteiger partial charge in [-0.1, -0.05) is 0 Å². The summed E-state index contributed by atoms with van der Waals surface area (Å²) in [6.45, 7) is 0. The second kappa shape index (κ2) is 12.7. The van der Waals surface area contributed by atoms with E-state index in [4.69, 9.17) is 0 Å². The normalized spacial score (nSPS) is 15.5. The van der Waals surface area contributed by atoms with Gasteiger partial charge in [0.2, 0.25) is 0 Å². The summed E-state index contributed by atoms with van der Waals surface area (Å²) in [5.41, 5.74) is -20.8. The molecule has 31 heteroatoms. The molecular weight excluding hydrogens is 757 g/mol. The van der Waals surface area contributed by atoms with E-state index < -0.39 is 72.4 Å². The van der Waals surface area contributed by atoms with Crippen molar-refractivity contribution < 1.29 is 151 Å². The summed E-state index contributed by atoms with van der Waals surface area (Å²) in [5.74, 6) is 0. The fraction of sp³-hybridized carbons (Fsp3) is 1.00. The van der Waals surface area contributed by atoms with Crippen LogP contribution >= 0.6 is 0 Å². The molecule has 0 rings (SSSR count). The average Bonchev–Trinajstić information content (AvgIpc) is 2.58. The van der Waals surface area contributed by atoms with Gasteiger partial charge >= 0.3 is 72.9 Å². The first-order chi connectivity index (χ1) is 17.2. The van der Waals surface area contributed by atoms with Gasteiger partial charge in [-0.3, -0.25) is 0 Å². The van der Waals surface area contributed by atoms with Gasteiger partial charge in [0, 0.05) is 0 Å². The monoisotopic (exact) mass is 757 g/mol. The van der Waals surface area contributed by atoms with Crippen LogP contribution in [0.25, 0.3) is 0 Å². The molecule has 0 bridgehead atoms. The Labute approximate surface area is 224 Å². The molecule has 0 saturated carbocycles. The Bertz CT molecular complexity index is 632. The zero-order chi connectivity index (χ0) is 36.0. The molecule has 0 saturated heterocycles. The van der Waals surface area contributed by atoms with Crippen molar-refractivity contribution in [2.24, 2.45) is 0 Å². The molecule has 43 heavy (non-hydrogen) atoms. The van der Waals surface area contributed by atoms with Crippen molar-refractivity contribution in [2.75, 3.05) is 0 Å². The molecular formula is C12CrF27O3. The molecule has 0 aliphatic rings. The van der Waals surface area contributed by atoms with Gasteiger partial charge in [-0.2, -0.15) is 119 Å². The number of alkyl halides is 27. The summed E-state index contributed by atoms with van der Waals surface area (Å²) >= 11 is 0. The molecule has 0 aromatic heterocycles. The molecule has 0 amide bonds. The minimum Gasteiger partial charge on any atom is -0.830 e. The average molecular weight is 757 g/mol. The maximum atomic E-state index is 11.3. The van der Waals surface area contributed by atoms with Gasteiger partial charge in [0.25, 0.3) is 0 Å². The quantitative estimate of drug-likeness (QED) is 0.315. The van der Waals surface area contributed by atoms with Crippen LogP contribution in [0.2, 0.25) is 0 Å². The van der Waals surface area contributed by atoms with Crippen LogP contribution in [0.15, 0.2) is 0 Å². The van der Waals surface area contributed by atoms with Crippen molar-refractivity contribution in [3.8, 4) is 0 Å². The first-order valence-corrected chi connectivity index (χ1v) is 7.96. The summed E-state index contributed by atoms with van der Waals surface area (Å²) in [4.78, 5) is 0. The van der Waals surface area contributed by atoms with E-state index in [9.17, 15) is 134 Å². The van der Waals surface area contributed by atoms with Gasteiger partial charge in [0.1, 0.15) is 0 Å². The molecule has 0 N–H and O–H groups in total. The number of rotatable bonds is 0. The molecule has 3 nitrogen and oxygen atoms in total. The first kappa shape index (κ1) is 48.4. The molecule has 261 valence electrons. The van der Waals surface area contributed by atoms with E-state index in [1.165, 1.54) is 0 Å². The van der Waals surface area contributed by atoms with Crippen molar-refractivity contribution in [1.29, 1.82) is 0 Å². The van der Waals surface area contributed by atoms with E-state index >= 15 is 0 Å². The van der Waals surface area contributed by atoms with Crippen molar-refractivity contribution >= 4 is 0 Å². The van der Waals surface area contributed by atoms with Crippen molar-refractivity contribution in [1.82, 2.24) is 0 Å². The molecule has 0 aromatic rings. The third-order valence-electron chi connectivity index (χ3n) is 3.59. The van der Waals surface area contributed by atoms with Gasteiger partial charge in [0.15, 0.2) is 16.8 Å². The molecule has 1 radical (unpaired) electrons. The molecule has 0 spiro atoms. The number of hydrogen-bond donors (Lipinski definition) is 0. The number of halogens is 27. The van der Waals surface area contributed by atoms with Crippen LogP contribution in [0.1, 0.15) is 0 Å². The van der Waals surface area contributed by atoms with Crippen molar-refractivity contribution in [3.05, 3.63) is 0 Å². The molecule has 0 fully saturated rings. The standard InChI is InChI=1S/3C4F9O.Cr/c3*5-2(6,7)1(14,3(8,9)10)4(11,12)13;/q3*-1;+3. The Morgan fingerprint density at radius 1 is 0.186 bits per heavy atom. The van der Waals surface area contributed by atoms with E-state index in [0.29, 0.717) is 0 Å². The minimum atomic E-state index is -6.98. The maximum absolute atomic E-state index is 11.3. The predicted octanol–water partition coefficient (Wildman–Crippen LogP) is 5.31. The third-order valence-corrected chi connectivity index (χ3v) is 3.59. The molecule has 0 aliphatic heterocycles. The summed E-state index contributed by atoms with van der Waals surface area (Å²) < 4.78 is 306. The first-order valence-electron chi connectivity index (χ1n) is 7.96. The minimum absolute atomic E-state index is 0. The maximum Gasteiger partial charge on any atom is 3.00 e. The largest absolute Gasteiger partial charge is 3.00 e. The fourth-order valence-corrected chi connectivity index (χ4v) is 1.45. The van der Waals surface area contributed by atoms with Crippen LogP contribution in [0.4, 0.5) is 119 Å². The summed E-state index contributed by atoms with van der Waals surface area (Å²) in [6, 6.07) is 0. The molecule has 0 atom stereocenters. The van der Waals surface area contributed by atoms with E-state index in [0.717, 1.165) is 0 Å². The van der Waals surface area contributed by atoms with Crippen molar-refractivity contribution in [3.63, 3.8) is 0 Å². The van der Waals surface area contributed by atoms with E-state index in [1.807, 2.05) is 0 Å². The Morgan fingerprint density at radius 3 is 0.233 bits per heavy atom. The van der Waals surface area contributed by atoms with Crippen LogP contribution in [0.5, 0.6) is 0 Å². The van der Waals surface area contributed by atoms with E-state index in [1.54, 1.807) is 0 Å². The van der Waals surface area contributed by atoms with Gasteiger partial charge in [-0.05, 0) is 0 Å². The summed E-state index contributed by atoms with van der Waals surface area (Å²) in [7, 11) is 0. The molecule has 0 unspecified atom stereocenters. The zero-order valence-electron chi connectivity index (χ0n) is 17.8. The Balaban J connectivity index is -0.000000262. The van der Waals surface area contributed by atoms with Crippen LogP contribution in [-0.4, -0.2) is 72.4 Å². The third kappa shape index (κ3) is 9.51. The van der Waals surface area contributed by atoms with Crippen LogP contribution in [-0.2, 0) is 17.4 Å². The van der Waals surface area contributed by atoms with Gasteiger partial charge in [-0.25, -0.2) is 0 Å². The second-order valence-corrected chi connectivity index (χ2v) is 6.52. The summed E-state index contributed by atoms with van der Waals surface area (Å²) in [5, 5.41) is 29.4. The molecule has 0 heterocycles. The second-order valence-electron chi connectivity index (χ2n) is 6.52. The SMILES string of the molecule is [Cr+3].[O-]C(C(F)(F)F)(C(F)(F)F)C(F)(F)F.[O-]C(C(F)(F)F)(C(F)(F)F)C(F)(F)F.[O-]C(C(F)(F)F)(C(F)(F)F)C(F)(F)F. The van der Waals surface area contributed by atoms with Gasteiger partial charge < -0.3 is 15.3 Å². The van der Waals surface area contributed by atoms with Crippen LogP contribution in [0.3, 0.4) is 0 Å². The molecule has 0 aromatic carbocycles.